The predicted molar refractivity (Wildman–Crippen MR) is 75.5 cm³/mol. The van der Waals surface area contributed by atoms with E-state index >= 15 is 0 Å². The van der Waals surface area contributed by atoms with E-state index in [1.165, 1.54) is 30.4 Å². The van der Waals surface area contributed by atoms with Crippen molar-refractivity contribution in [3.63, 3.8) is 0 Å². The van der Waals surface area contributed by atoms with Gasteiger partial charge in [-0.1, -0.05) is 5.16 Å². The lowest BCUT2D eigenvalue weighted by Gasteiger charge is -2.21. The molecule has 0 amide bonds. The van der Waals surface area contributed by atoms with Crippen LogP contribution in [0.15, 0.2) is 23.0 Å². The number of rotatable bonds is 5. The van der Waals surface area contributed by atoms with Crippen LogP contribution in [0.3, 0.4) is 0 Å². The Kier molecular flexibility index (Phi) is 3.89. The van der Waals surface area contributed by atoms with Gasteiger partial charge in [-0.2, -0.15) is 0 Å². The third-order valence-electron chi connectivity index (χ3n) is 3.90. The van der Waals surface area contributed by atoms with Gasteiger partial charge in [-0.15, -0.1) is 0 Å². The van der Waals surface area contributed by atoms with Crippen molar-refractivity contribution in [1.82, 2.24) is 15.0 Å². The fourth-order valence-electron chi connectivity index (χ4n) is 2.97. The molecule has 0 bridgehead atoms. The zero-order valence-corrected chi connectivity index (χ0v) is 12.1. The van der Waals surface area contributed by atoms with E-state index in [0.29, 0.717) is 12.6 Å². The first kappa shape index (κ1) is 13.4. The van der Waals surface area contributed by atoms with Gasteiger partial charge in [0.25, 0.3) is 0 Å². The number of aromatic nitrogens is 2. The number of fused-ring (bicyclic) bond motifs is 1. The minimum Gasteiger partial charge on any atom is -0.377 e. The summed E-state index contributed by atoms with van der Waals surface area (Å²) in [5.74, 6) is 0.771. The summed E-state index contributed by atoms with van der Waals surface area (Å²) in [7, 11) is 3.69. The second-order valence-electron chi connectivity index (χ2n) is 5.36. The summed E-state index contributed by atoms with van der Waals surface area (Å²) < 4.78 is 12.5. The van der Waals surface area contributed by atoms with Crippen LogP contribution in [-0.2, 0) is 24.3 Å². The highest BCUT2D eigenvalue weighted by atomic mass is 16.5. The molecule has 1 aliphatic carbocycles. The maximum atomic E-state index is 5.22. The topological polar surface area (TPSA) is 52.2 Å². The van der Waals surface area contributed by atoms with Gasteiger partial charge in [-0.25, -0.2) is 0 Å². The van der Waals surface area contributed by atoms with Crippen LogP contribution in [0.5, 0.6) is 0 Å². The highest BCUT2D eigenvalue weighted by Crippen LogP contribution is 2.30. The number of nitrogens with one attached hydrogen (secondary N) is 1. The van der Waals surface area contributed by atoms with E-state index in [-0.39, 0.29) is 0 Å². The predicted octanol–water partition coefficient (Wildman–Crippen LogP) is 2.27. The molecular weight excluding hydrogens is 254 g/mol. The van der Waals surface area contributed by atoms with Crippen molar-refractivity contribution < 1.29 is 9.26 Å². The molecule has 2 aromatic rings. The molecule has 0 aliphatic heterocycles. The van der Waals surface area contributed by atoms with Crippen molar-refractivity contribution in [2.75, 3.05) is 14.2 Å². The van der Waals surface area contributed by atoms with Crippen LogP contribution in [0.4, 0.5) is 0 Å². The van der Waals surface area contributed by atoms with Crippen LogP contribution < -0.4 is 5.32 Å². The van der Waals surface area contributed by atoms with Crippen LogP contribution in [0.2, 0.25) is 0 Å². The number of hydrogen-bond acceptors (Lipinski definition) is 4. The molecule has 5 heteroatoms. The van der Waals surface area contributed by atoms with Gasteiger partial charge in [-0.05, 0) is 37.4 Å². The second kappa shape index (κ2) is 5.81. The first-order valence-corrected chi connectivity index (χ1v) is 7.09. The van der Waals surface area contributed by atoms with Crippen LogP contribution >= 0.6 is 0 Å². The summed E-state index contributed by atoms with van der Waals surface area (Å²) in [6.07, 6.45) is 8.12. The Labute approximate surface area is 118 Å². The second-order valence-corrected chi connectivity index (χ2v) is 5.36. The molecule has 2 aromatic heterocycles. The van der Waals surface area contributed by atoms with E-state index in [1.807, 2.05) is 13.1 Å². The van der Waals surface area contributed by atoms with Crippen LogP contribution in [0.1, 0.15) is 41.5 Å². The van der Waals surface area contributed by atoms with Gasteiger partial charge in [0.15, 0.2) is 5.76 Å². The zero-order chi connectivity index (χ0) is 13.9. The number of ether oxygens (including phenoxy) is 1. The van der Waals surface area contributed by atoms with Crippen molar-refractivity contribution in [2.45, 2.75) is 38.5 Å². The third kappa shape index (κ3) is 2.64. The molecule has 3 rings (SSSR count). The lowest BCUT2D eigenvalue weighted by atomic mass is 9.91. The van der Waals surface area contributed by atoms with Crippen molar-refractivity contribution in [3.05, 3.63) is 41.0 Å². The maximum Gasteiger partial charge on any atom is 0.162 e. The molecule has 2 heterocycles. The summed E-state index contributed by atoms with van der Waals surface area (Å²) in [5.41, 5.74) is 3.82. The smallest absolute Gasteiger partial charge is 0.162 e. The van der Waals surface area contributed by atoms with Crippen molar-refractivity contribution in [1.29, 1.82) is 0 Å². The standard InChI is InChI=1S/C15H21N3O2/c1-16-15-5-3-4-11-7-18(9-14(11)15)8-12-6-13(10-19-2)20-17-12/h6-7,9,15-16H,3-5,8,10H2,1-2H3. The van der Waals surface area contributed by atoms with Gasteiger partial charge in [0, 0.05) is 31.6 Å². The van der Waals surface area contributed by atoms with Crippen LogP contribution in [-0.4, -0.2) is 23.9 Å². The average Bonchev–Trinajstić information content (AvgIpc) is 3.05. The van der Waals surface area contributed by atoms with Gasteiger partial charge in [0.1, 0.15) is 12.3 Å². The lowest BCUT2D eigenvalue weighted by Crippen LogP contribution is -2.20. The Bertz CT molecular complexity index is 573. The zero-order valence-electron chi connectivity index (χ0n) is 12.1. The molecular formula is C15H21N3O2. The minimum atomic E-state index is 0.469. The molecule has 5 nitrogen and oxygen atoms in total. The average molecular weight is 275 g/mol. The monoisotopic (exact) mass is 275 g/mol. The van der Waals surface area contributed by atoms with Gasteiger partial charge >= 0.3 is 0 Å². The molecule has 0 radical (unpaired) electrons. The molecule has 1 unspecified atom stereocenters. The molecule has 0 aromatic carbocycles. The molecule has 0 spiro atoms. The molecule has 20 heavy (non-hydrogen) atoms. The number of aryl methyl sites for hydroxylation is 1. The van der Waals surface area contributed by atoms with E-state index in [0.717, 1.165) is 18.0 Å². The summed E-state index contributed by atoms with van der Waals surface area (Å²) in [6.45, 7) is 1.22. The first-order valence-electron chi connectivity index (χ1n) is 7.09. The first-order chi connectivity index (χ1) is 9.80. The van der Waals surface area contributed by atoms with Crippen LogP contribution in [0, 0.1) is 0 Å². The lowest BCUT2D eigenvalue weighted by molar-refractivity contribution is 0.155. The third-order valence-corrected chi connectivity index (χ3v) is 3.90. The summed E-state index contributed by atoms with van der Waals surface area (Å²) in [5, 5.41) is 7.48. The van der Waals surface area contributed by atoms with Crippen molar-refractivity contribution in [2.24, 2.45) is 0 Å². The highest BCUT2D eigenvalue weighted by Gasteiger charge is 2.20. The molecule has 1 aliphatic rings. The van der Waals surface area contributed by atoms with E-state index < -0.39 is 0 Å². The summed E-state index contributed by atoms with van der Waals surface area (Å²) in [4.78, 5) is 0. The quantitative estimate of drug-likeness (QED) is 0.909. The molecule has 0 saturated heterocycles. The van der Waals surface area contributed by atoms with Gasteiger partial charge in [0.2, 0.25) is 0 Å². The number of hydrogen-bond donors (Lipinski definition) is 1. The minimum absolute atomic E-state index is 0.469. The number of methoxy groups -OCH3 is 1. The largest absolute Gasteiger partial charge is 0.377 e. The fraction of sp³-hybridized carbons (Fsp3) is 0.533. The molecule has 1 N–H and O–H groups in total. The Morgan fingerprint density at radius 2 is 2.40 bits per heavy atom. The van der Waals surface area contributed by atoms with E-state index in [2.05, 4.69) is 27.4 Å². The van der Waals surface area contributed by atoms with Gasteiger partial charge in [0.05, 0.1) is 6.54 Å². The fourth-order valence-corrected chi connectivity index (χ4v) is 2.97. The molecule has 108 valence electrons. The van der Waals surface area contributed by atoms with Gasteiger partial charge in [-0.3, -0.25) is 0 Å². The highest BCUT2D eigenvalue weighted by molar-refractivity contribution is 5.30. The summed E-state index contributed by atoms with van der Waals surface area (Å²) in [6, 6.07) is 2.44. The molecule has 1 atom stereocenters. The SMILES string of the molecule is CNC1CCCc2cn(Cc3cc(COC)on3)cc21. The van der Waals surface area contributed by atoms with Crippen molar-refractivity contribution in [3.8, 4) is 0 Å². The van der Waals surface area contributed by atoms with Crippen molar-refractivity contribution >= 4 is 0 Å². The van der Waals surface area contributed by atoms with Gasteiger partial charge < -0.3 is 19.1 Å². The van der Waals surface area contributed by atoms with E-state index in [9.17, 15) is 0 Å². The van der Waals surface area contributed by atoms with E-state index in [4.69, 9.17) is 9.26 Å². The number of nitrogens with zero attached hydrogens (tertiary/aromatic N) is 2. The summed E-state index contributed by atoms with van der Waals surface area (Å²) >= 11 is 0. The van der Waals surface area contributed by atoms with Crippen LogP contribution in [0.25, 0.3) is 0 Å². The maximum absolute atomic E-state index is 5.22. The normalized spacial score (nSPS) is 18.2. The Balaban J connectivity index is 1.76. The Hall–Kier alpha value is -1.59. The Morgan fingerprint density at radius 1 is 1.50 bits per heavy atom. The molecule has 0 saturated carbocycles. The Morgan fingerprint density at radius 3 is 3.20 bits per heavy atom. The van der Waals surface area contributed by atoms with E-state index in [1.54, 1.807) is 7.11 Å². The molecule has 0 fully saturated rings.